The molecule has 0 fully saturated rings. The van der Waals surface area contributed by atoms with Crippen LogP contribution in [0.25, 0.3) is 0 Å². The molecule has 5 nitrogen and oxygen atoms in total. The largest absolute Gasteiger partial charge is 0.394 e. The Morgan fingerprint density at radius 1 is 1.53 bits per heavy atom. The fourth-order valence-corrected chi connectivity index (χ4v) is 1.13. The molecule has 0 radical (unpaired) electrons. The molecule has 7 heteroatoms. The number of aliphatic hydroxyl groups excluding tert-OH is 1. The first-order valence-corrected chi connectivity index (χ1v) is 3.97. The number of aliphatic hydroxyl groups is 1. The van der Waals surface area contributed by atoms with Gasteiger partial charge >= 0.3 is 5.69 Å². The van der Waals surface area contributed by atoms with E-state index in [-0.39, 0.29) is 0 Å². The predicted molar refractivity (Wildman–Crippen MR) is 47.0 cm³/mol. The van der Waals surface area contributed by atoms with Crippen molar-refractivity contribution in [1.82, 2.24) is 0 Å². The molecular weight excluding hydrogens is 210 g/mol. The molecule has 0 saturated carbocycles. The molecule has 0 aliphatic heterocycles. The normalized spacial score (nSPS) is 12.5. The molecule has 0 aliphatic carbocycles. The maximum atomic E-state index is 13.3. The molecule has 0 heterocycles. The van der Waals surface area contributed by atoms with Crippen molar-refractivity contribution < 1.29 is 18.8 Å². The molecule has 0 aromatic heterocycles. The van der Waals surface area contributed by atoms with Gasteiger partial charge in [-0.05, 0) is 6.07 Å². The summed E-state index contributed by atoms with van der Waals surface area (Å²) in [5, 5.41) is 19.0. The SMILES string of the molecule is N[C@@H](CO)c1c(F)ccc([N+](=O)[O-])c1F. The van der Waals surface area contributed by atoms with Crippen molar-refractivity contribution >= 4 is 5.69 Å². The highest BCUT2D eigenvalue weighted by Crippen LogP contribution is 2.26. The fraction of sp³-hybridized carbons (Fsp3) is 0.250. The molecular formula is C8H8F2N2O3. The lowest BCUT2D eigenvalue weighted by Crippen LogP contribution is -2.18. The maximum Gasteiger partial charge on any atom is 0.305 e. The molecule has 0 unspecified atom stereocenters. The second kappa shape index (κ2) is 4.28. The van der Waals surface area contributed by atoms with Gasteiger partial charge in [0.2, 0.25) is 5.82 Å². The number of nitro groups is 1. The van der Waals surface area contributed by atoms with E-state index in [0.717, 1.165) is 6.07 Å². The van der Waals surface area contributed by atoms with E-state index in [1.54, 1.807) is 0 Å². The van der Waals surface area contributed by atoms with Crippen LogP contribution in [0.1, 0.15) is 11.6 Å². The zero-order valence-electron chi connectivity index (χ0n) is 7.48. The molecule has 1 aromatic rings. The lowest BCUT2D eigenvalue weighted by Gasteiger charge is -2.10. The van der Waals surface area contributed by atoms with Crippen molar-refractivity contribution in [3.63, 3.8) is 0 Å². The third kappa shape index (κ3) is 2.08. The van der Waals surface area contributed by atoms with Crippen molar-refractivity contribution in [2.75, 3.05) is 6.61 Å². The third-order valence-electron chi connectivity index (χ3n) is 1.87. The first-order chi connectivity index (χ1) is 6.99. The highest BCUT2D eigenvalue weighted by Gasteiger charge is 2.24. The number of halogens is 2. The van der Waals surface area contributed by atoms with Crippen LogP contribution in [0.2, 0.25) is 0 Å². The zero-order chi connectivity index (χ0) is 11.6. The Morgan fingerprint density at radius 2 is 2.13 bits per heavy atom. The van der Waals surface area contributed by atoms with Crippen molar-refractivity contribution in [3.05, 3.63) is 39.4 Å². The van der Waals surface area contributed by atoms with E-state index in [1.807, 2.05) is 0 Å². The quantitative estimate of drug-likeness (QED) is 0.581. The van der Waals surface area contributed by atoms with Crippen molar-refractivity contribution in [1.29, 1.82) is 0 Å². The number of rotatable bonds is 3. The monoisotopic (exact) mass is 218 g/mol. The number of benzene rings is 1. The lowest BCUT2D eigenvalue weighted by atomic mass is 10.1. The van der Waals surface area contributed by atoms with Gasteiger partial charge in [0.25, 0.3) is 0 Å². The standard InChI is InChI=1S/C8H8F2N2O3/c9-4-1-2-6(12(14)15)8(10)7(4)5(11)3-13/h1-2,5,13H,3,11H2/t5-/m0/s1. The lowest BCUT2D eigenvalue weighted by molar-refractivity contribution is -0.387. The van der Waals surface area contributed by atoms with Crippen LogP contribution in [0, 0.1) is 21.7 Å². The summed E-state index contributed by atoms with van der Waals surface area (Å²) in [6.07, 6.45) is 0. The molecule has 1 aromatic carbocycles. The molecule has 15 heavy (non-hydrogen) atoms. The van der Waals surface area contributed by atoms with Gasteiger partial charge in [0.05, 0.1) is 17.6 Å². The molecule has 0 spiro atoms. The fourth-order valence-electron chi connectivity index (χ4n) is 1.13. The summed E-state index contributed by atoms with van der Waals surface area (Å²) in [7, 11) is 0. The van der Waals surface area contributed by atoms with Gasteiger partial charge in [0.15, 0.2) is 0 Å². The Morgan fingerprint density at radius 3 is 2.60 bits per heavy atom. The first-order valence-electron chi connectivity index (χ1n) is 3.97. The molecule has 3 N–H and O–H groups in total. The molecule has 0 amide bonds. The molecule has 0 bridgehead atoms. The summed E-state index contributed by atoms with van der Waals surface area (Å²) >= 11 is 0. The van der Waals surface area contributed by atoms with E-state index in [9.17, 15) is 18.9 Å². The van der Waals surface area contributed by atoms with Crippen LogP contribution in [0.5, 0.6) is 0 Å². The summed E-state index contributed by atoms with van der Waals surface area (Å²) < 4.78 is 26.4. The van der Waals surface area contributed by atoms with E-state index < -0.39 is 40.5 Å². The summed E-state index contributed by atoms with van der Waals surface area (Å²) in [4.78, 5) is 9.35. The van der Waals surface area contributed by atoms with Crippen molar-refractivity contribution in [2.24, 2.45) is 5.73 Å². The van der Waals surface area contributed by atoms with Crippen LogP contribution in [-0.2, 0) is 0 Å². The minimum Gasteiger partial charge on any atom is -0.394 e. The molecule has 0 aliphatic rings. The molecule has 1 rings (SSSR count). The Balaban J connectivity index is 3.36. The number of hydrogen-bond acceptors (Lipinski definition) is 4. The average molecular weight is 218 g/mol. The Bertz CT molecular complexity index is 398. The highest BCUT2D eigenvalue weighted by atomic mass is 19.1. The number of nitro benzene ring substituents is 1. The van der Waals surface area contributed by atoms with Gasteiger partial charge < -0.3 is 10.8 Å². The second-order valence-corrected chi connectivity index (χ2v) is 2.84. The average Bonchev–Trinajstić information content (AvgIpc) is 2.16. The number of nitrogens with two attached hydrogens (primary N) is 1. The van der Waals surface area contributed by atoms with Crippen LogP contribution in [0.3, 0.4) is 0 Å². The Labute approximate surface area is 83.3 Å². The summed E-state index contributed by atoms with van der Waals surface area (Å²) in [5.74, 6) is -2.36. The summed E-state index contributed by atoms with van der Waals surface area (Å²) in [6.45, 7) is -0.699. The maximum absolute atomic E-state index is 13.3. The smallest absolute Gasteiger partial charge is 0.305 e. The molecule has 0 saturated heterocycles. The van der Waals surface area contributed by atoms with E-state index in [4.69, 9.17) is 10.8 Å². The zero-order valence-corrected chi connectivity index (χ0v) is 7.48. The summed E-state index contributed by atoms with van der Waals surface area (Å²) in [6, 6.07) is 0.134. The van der Waals surface area contributed by atoms with Gasteiger partial charge in [-0.3, -0.25) is 10.1 Å². The van der Waals surface area contributed by atoms with Crippen LogP contribution in [0.4, 0.5) is 14.5 Å². The van der Waals surface area contributed by atoms with Gasteiger partial charge in [0.1, 0.15) is 5.82 Å². The number of hydrogen-bond donors (Lipinski definition) is 2. The third-order valence-corrected chi connectivity index (χ3v) is 1.87. The van der Waals surface area contributed by atoms with Gasteiger partial charge in [-0.15, -0.1) is 0 Å². The van der Waals surface area contributed by atoms with Crippen LogP contribution >= 0.6 is 0 Å². The van der Waals surface area contributed by atoms with E-state index in [1.165, 1.54) is 0 Å². The minimum absolute atomic E-state index is 0.674. The van der Waals surface area contributed by atoms with Gasteiger partial charge in [-0.2, -0.15) is 4.39 Å². The van der Waals surface area contributed by atoms with Gasteiger partial charge in [0, 0.05) is 11.6 Å². The van der Waals surface area contributed by atoms with Gasteiger partial charge in [-0.1, -0.05) is 0 Å². The Kier molecular flexibility index (Phi) is 3.28. The number of nitrogens with zero attached hydrogens (tertiary/aromatic N) is 1. The second-order valence-electron chi connectivity index (χ2n) is 2.84. The van der Waals surface area contributed by atoms with Crippen LogP contribution in [0.15, 0.2) is 12.1 Å². The van der Waals surface area contributed by atoms with E-state index in [0.29, 0.717) is 6.07 Å². The Hall–Kier alpha value is -1.60. The van der Waals surface area contributed by atoms with E-state index in [2.05, 4.69) is 0 Å². The van der Waals surface area contributed by atoms with Crippen molar-refractivity contribution in [3.8, 4) is 0 Å². The predicted octanol–water partition coefficient (Wildman–Crippen LogP) is 0.865. The van der Waals surface area contributed by atoms with Crippen LogP contribution in [-0.4, -0.2) is 16.6 Å². The van der Waals surface area contributed by atoms with E-state index >= 15 is 0 Å². The highest BCUT2D eigenvalue weighted by molar-refractivity contribution is 5.39. The molecule has 1 atom stereocenters. The first kappa shape index (κ1) is 11.5. The summed E-state index contributed by atoms with van der Waals surface area (Å²) in [5.41, 5.74) is 3.67. The topological polar surface area (TPSA) is 89.4 Å². The van der Waals surface area contributed by atoms with Crippen molar-refractivity contribution in [2.45, 2.75) is 6.04 Å². The van der Waals surface area contributed by atoms with Crippen LogP contribution < -0.4 is 5.73 Å². The molecule has 82 valence electrons. The van der Waals surface area contributed by atoms with Gasteiger partial charge in [-0.25, -0.2) is 4.39 Å². The minimum atomic E-state index is -1.35.